The van der Waals surface area contributed by atoms with Gasteiger partial charge in [-0.2, -0.15) is 3.89 Å². The molecule has 6 heteroatoms. The molecule has 0 aromatic carbocycles. The lowest BCUT2D eigenvalue weighted by Gasteiger charge is -2.13. The Balaban J connectivity index is 1.80. The smallest absolute Gasteiger partial charge is 0.225 e. The summed E-state index contributed by atoms with van der Waals surface area (Å²) in [6.45, 7) is 4.85. The van der Waals surface area contributed by atoms with Gasteiger partial charge in [-0.3, -0.25) is 4.99 Å². The maximum Gasteiger partial charge on any atom is 0.225 e. The van der Waals surface area contributed by atoms with Crippen LogP contribution in [0, 0.1) is 0 Å². The van der Waals surface area contributed by atoms with Crippen molar-refractivity contribution in [3.8, 4) is 0 Å². The fourth-order valence-corrected chi connectivity index (χ4v) is 2.42. The predicted molar refractivity (Wildman–Crippen MR) is 82.3 cm³/mol. The Labute approximate surface area is 124 Å². The lowest BCUT2D eigenvalue weighted by molar-refractivity contribution is 0.674. The van der Waals surface area contributed by atoms with E-state index in [-0.39, 0.29) is 12.1 Å². The molecule has 0 saturated carbocycles. The average molecular weight is 296 g/mol. The molecule has 0 spiro atoms. The van der Waals surface area contributed by atoms with Crippen LogP contribution in [0.4, 0.5) is 9.83 Å². The van der Waals surface area contributed by atoms with Gasteiger partial charge in [-0.25, -0.2) is 9.97 Å². The maximum atomic E-state index is 12.3. The van der Waals surface area contributed by atoms with Crippen molar-refractivity contribution in [3.05, 3.63) is 12.4 Å². The molecule has 0 bridgehead atoms. The normalized spacial score (nSPS) is 17.1. The summed E-state index contributed by atoms with van der Waals surface area (Å²) in [6, 6.07) is 0. The number of rotatable bonds is 7. The van der Waals surface area contributed by atoms with E-state index in [9.17, 15) is 3.89 Å². The Morgan fingerprint density at radius 1 is 1.30 bits per heavy atom. The van der Waals surface area contributed by atoms with Gasteiger partial charge in [0.25, 0.3) is 0 Å². The van der Waals surface area contributed by atoms with Crippen molar-refractivity contribution in [2.75, 3.05) is 24.5 Å². The summed E-state index contributed by atoms with van der Waals surface area (Å²) in [5.74, 6) is 0.666. The van der Waals surface area contributed by atoms with Gasteiger partial charge in [-0.1, -0.05) is 26.2 Å². The van der Waals surface area contributed by atoms with Crippen LogP contribution in [0.1, 0.15) is 39.0 Å². The van der Waals surface area contributed by atoms with E-state index in [1.54, 1.807) is 0 Å². The van der Waals surface area contributed by atoms with E-state index in [1.165, 1.54) is 43.8 Å². The first-order valence-electron chi connectivity index (χ1n) is 7.21. The second kappa shape index (κ2) is 8.19. The number of aliphatic imine (C=N–C) groups is 1. The first-order valence-corrected chi connectivity index (χ1v) is 7.93. The van der Waals surface area contributed by atoms with Crippen LogP contribution < -0.4 is 4.90 Å². The zero-order chi connectivity index (χ0) is 14.2. The van der Waals surface area contributed by atoms with Crippen LogP contribution in [0.5, 0.6) is 0 Å². The third kappa shape index (κ3) is 4.44. The summed E-state index contributed by atoms with van der Waals surface area (Å²) < 4.78 is 12.3. The van der Waals surface area contributed by atoms with E-state index in [2.05, 4.69) is 26.8 Å². The Morgan fingerprint density at radius 3 is 2.80 bits per heavy atom. The summed E-state index contributed by atoms with van der Waals surface area (Å²) >= 11 is 0.171. The van der Waals surface area contributed by atoms with Crippen molar-refractivity contribution >= 4 is 23.8 Å². The molecule has 2 rings (SSSR count). The number of hydrogen-bond acceptors (Lipinski definition) is 5. The highest BCUT2D eigenvalue weighted by Crippen LogP contribution is 2.19. The van der Waals surface area contributed by atoms with Gasteiger partial charge in [0.1, 0.15) is 0 Å². The minimum atomic E-state index is 0.171. The van der Waals surface area contributed by atoms with Gasteiger partial charge in [-0.05, 0) is 6.42 Å². The van der Waals surface area contributed by atoms with Crippen LogP contribution in [0.25, 0.3) is 0 Å². The molecular weight excluding hydrogens is 275 g/mol. The fraction of sp³-hybridized carbons (Fsp3) is 0.643. The lowest BCUT2D eigenvalue weighted by atomic mass is 10.2. The summed E-state index contributed by atoms with van der Waals surface area (Å²) in [7, 11) is 0. The Kier molecular flexibility index (Phi) is 6.24. The zero-order valence-corrected chi connectivity index (χ0v) is 12.7. The summed E-state index contributed by atoms with van der Waals surface area (Å²) in [5.41, 5.74) is 1.23. The third-order valence-corrected chi connectivity index (χ3v) is 3.77. The molecule has 0 radical (unpaired) electrons. The SMILES string of the molecule is CCCCCCN=C1CCN(c2ncc(SF)cn2)C1. The number of nitrogens with zero attached hydrogens (tertiary/aromatic N) is 4. The molecule has 0 N–H and O–H groups in total. The molecule has 2 heterocycles. The summed E-state index contributed by atoms with van der Waals surface area (Å²) in [6.07, 6.45) is 9.02. The second-order valence-corrected chi connectivity index (χ2v) is 5.60. The minimum Gasteiger partial charge on any atom is -0.335 e. The Morgan fingerprint density at radius 2 is 2.10 bits per heavy atom. The van der Waals surface area contributed by atoms with Crippen LogP contribution in [0.3, 0.4) is 0 Å². The topological polar surface area (TPSA) is 41.4 Å². The van der Waals surface area contributed by atoms with Gasteiger partial charge >= 0.3 is 0 Å². The standard InChI is InChI=1S/C14H21FN4S/c1-2-3-4-5-7-16-12-6-8-19(11-12)14-17-9-13(20-15)10-18-14/h9-10H,2-8,11H2,1H3. The highest BCUT2D eigenvalue weighted by Gasteiger charge is 2.19. The molecule has 1 aromatic heterocycles. The third-order valence-electron chi connectivity index (χ3n) is 3.38. The van der Waals surface area contributed by atoms with Crippen LogP contribution in [-0.2, 0) is 0 Å². The van der Waals surface area contributed by atoms with Crippen LogP contribution >= 0.6 is 12.1 Å². The molecular formula is C14H21FN4S. The summed E-state index contributed by atoms with van der Waals surface area (Å²) in [4.78, 5) is 15.6. The quantitative estimate of drug-likeness (QED) is 0.720. The van der Waals surface area contributed by atoms with E-state index < -0.39 is 0 Å². The molecule has 0 amide bonds. The van der Waals surface area contributed by atoms with Crippen molar-refractivity contribution in [1.82, 2.24) is 9.97 Å². The van der Waals surface area contributed by atoms with Crippen LogP contribution in [0.2, 0.25) is 0 Å². The highest BCUT2D eigenvalue weighted by molar-refractivity contribution is 7.94. The molecule has 1 aliphatic rings. The molecule has 20 heavy (non-hydrogen) atoms. The Bertz CT molecular complexity index is 435. The van der Waals surface area contributed by atoms with Crippen molar-refractivity contribution in [1.29, 1.82) is 0 Å². The van der Waals surface area contributed by atoms with Gasteiger partial charge in [0.05, 0.1) is 23.6 Å². The molecule has 4 nitrogen and oxygen atoms in total. The molecule has 1 fully saturated rings. The molecule has 110 valence electrons. The highest BCUT2D eigenvalue weighted by atomic mass is 32.2. The van der Waals surface area contributed by atoms with Crippen molar-refractivity contribution in [3.63, 3.8) is 0 Å². The van der Waals surface area contributed by atoms with E-state index in [0.717, 1.165) is 26.1 Å². The molecule has 1 aromatic rings. The number of halogens is 1. The minimum absolute atomic E-state index is 0.171. The zero-order valence-electron chi connectivity index (χ0n) is 11.9. The van der Waals surface area contributed by atoms with E-state index in [4.69, 9.17) is 0 Å². The number of aromatic nitrogens is 2. The molecule has 1 saturated heterocycles. The first kappa shape index (κ1) is 15.2. The van der Waals surface area contributed by atoms with Crippen LogP contribution in [-0.4, -0.2) is 35.3 Å². The van der Waals surface area contributed by atoms with Gasteiger partial charge < -0.3 is 4.90 Å². The lowest BCUT2D eigenvalue weighted by Crippen LogP contribution is -2.22. The average Bonchev–Trinajstić information content (AvgIpc) is 2.96. The molecule has 1 aliphatic heterocycles. The van der Waals surface area contributed by atoms with Gasteiger partial charge in [-0.15, -0.1) is 0 Å². The number of anilines is 1. The van der Waals surface area contributed by atoms with E-state index in [0.29, 0.717) is 10.8 Å². The van der Waals surface area contributed by atoms with Gasteiger partial charge in [0.15, 0.2) is 0 Å². The van der Waals surface area contributed by atoms with Crippen molar-refractivity contribution in [2.45, 2.75) is 43.9 Å². The van der Waals surface area contributed by atoms with Gasteiger partial charge in [0.2, 0.25) is 5.95 Å². The maximum absolute atomic E-state index is 12.3. The van der Waals surface area contributed by atoms with Gasteiger partial charge in [0, 0.05) is 37.6 Å². The van der Waals surface area contributed by atoms with Crippen molar-refractivity contribution < 1.29 is 3.89 Å². The number of unbranched alkanes of at least 4 members (excludes halogenated alkanes) is 3. The predicted octanol–water partition coefficient (Wildman–Crippen LogP) is 3.68. The van der Waals surface area contributed by atoms with E-state index in [1.807, 2.05) is 0 Å². The fourth-order valence-electron chi connectivity index (χ4n) is 2.23. The Hall–Kier alpha value is -1.17. The van der Waals surface area contributed by atoms with Crippen molar-refractivity contribution in [2.24, 2.45) is 4.99 Å². The monoisotopic (exact) mass is 296 g/mol. The number of hydrogen-bond donors (Lipinski definition) is 0. The molecule has 0 unspecified atom stereocenters. The van der Waals surface area contributed by atoms with Crippen LogP contribution in [0.15, 0.2) is 22.3 Å². The molecule has 0 atom stereocenters. The molecule has 0 aliphatic carbocycles. The largest absolute Gasteiger partial charge is 0.335 e. The summed E-state index contributed by atoms with van der Waals surface area (Å²) in [5, 5.41) is 0. The second-order valence-electron chi connectivity index (χ2n) is 4.98. The van der Waals surface area contributed by atoms with E-state index >= 15 is 0 Å². The first-order chi connectivity index (χ1) is 9.83.